The molecule has 16 heavy (non-hydrogen) atoms. The molecule has 1 aromatic rings. The zero-order valence-electron chi connectivity index (χ0n) is 9.71. The summed E-state index contributed by atoms with van der Waals surface area (Å²) in [5.41, 5.74) is 5.39. The summed E-state index contributed by atoms with van der Waals surface area (Å²) in [5.74, 6) is 1.42. The van der Waals surface area contributed by atoms with Crippen molar-refractivity contribution in [3.63, 3.8) is 0 Å². The van der Waals surface area contributed by atoms with Gasteiger partial charge in [-0.2, -0.15) is 4.37 Å². The SMILES string of the molecule is CC(C)c1nsc(N(C)CCC(N)=NO)n1. The summed E-state index contributed by atoms with van der Waals surface area (Å²) in [6.07, 6.45) is 0.504. The Labute approximate surface area is 99.0 Å². The average molecular weight is 243 g/mol. The minimum atomic E-state index is 0.223. The van der Waals surface area contributed by atoms with E-state index < -0.39 is 0 Å². The van der Waals surface area contributed by atoms with Crippen LogP contribution in [-0.2, 0) is 0 Å². The topological polar surface area (TPSA) is 87.6 Å². The van der Waals surface area contributed by atoms with E-state index in [-0.39, 0.29) is 5.84 Å². The van der Waals surface area contributed by atoms with Gasteiger partial charge < -0.3 is 15.8 Å². The maximum absolute atomic E-state index is 8.41. The normalized spacial score (nSPS) is 12.1. The first-order valence-electron chi connectivity index (χ1n) is 5.05. The summed E-state index contributed by atoms with van der Waals surface area (Å²) >= 11 is 1.37. The van der Waals surface area contributed by atoms with E-state index in [0.717, 1.165) is 11.0 Å². The number of aromatic nitrogens is 2. The molecule has 0 radical (unpaired) electrons. The van der Waals surface area contributed by atoms with Gasteiger partial charge in [0.25, 0.3) is 0 Å². The number of nitrogens with two attached hydrogens (primary N) is 1. The Balaban J connectivity index is 2.55. The third-order valence-corrected chi connectivity index (χ3v) is 2.95. The van der Waals surface area contributed by atoms with Crippen LogP contribution in [0.3, 0.4) is 0 Å². The van der Waals surface area contributed by atoms with Crippen molar-refractivity contribution in [1.82, 2.24) is 9.36 Å². The summed E-state index contributed by atoms with van der Waals surface area (Å²) < 4.78 is 4.26. The molecule has 0 aliphatic rings. The lowest BCUT2D eigenvalue weighted by molar-refractivity contribution is 0.317. The Hall–Kier alpha value is -1.37. The predicted octanol–water partition coefficient (Wildman–Crippen LogP) is 1.23. The molecule has 6 nitrogen and oxygen atoms in total. The molecule has 0 spiro atoms. The number of anilines is 1. The molecule has 1 rings (SSSR count). The van der Waals surface area contributed by atoms with Crippen molar-refractivity contribution >= 4 is 22.5 Å². The Bertz CT molecular complexity index is 363. The third kappa shape index (κ3) is 3.34. The van der Waals surface area contributed by atoms with Crippen LogP contribution in [0.2, 0.25) is 0 Å². The van der Waals surface area contributed by atoms with E-state index in [9.17, 15) is 0 Å². The van der Waals surface area contributed by atoms with Crippen molar-refractivity contribution in [1.29, 1.82) is 0 Å². The van der Waals surface area contributed by atoms with Gasteiger partial charge in [-0.15, -0.1) is 0 Å². The molecule has 0 aromatic carbocycles. The van der Waals surface area contributed by atoms with Gasteiger partial charge in [-0.05, 0) is 0 Å². The van der Waals surface area contributed by atoms with Gasteiger partial charge in [-0.3, -0.25) is 0 Å². The van der Waals surface area contributed by atoms with Crippen molar-refractivity contribution in [2.45, 2.75) is 26.2 Å². The van der Waals surface area contributed by atoms with Crippen LogP contribution >= 0.6 is 11.5 Å². The van der Waals surface area contributed by atoms with Crippen LogP contribution in [0.15, 0.2) is 5.16 Å². The Morgan fingerprint density at radius 1 is 1.62 bits per heavy atom. The Kier molecular flexibility index (Phi) is 4.48. The average Bonchev–Trinajstić information content (AvgIpc) is 2.74. The first-order chi connectivity index (χ1) is 7.54. The smallest absolute Gasteiger partial charge is 0.204 e. The molecule has 3 N–H and O–H groups in total. The number of nitrogens with zero attached hydrogens (tertiary/aromatic N) is 4. The molecule has 1 aromatic heterocycles. The highest BCUT2D eigenvalue weighted by atomic mass is 32.1. The van der Waals surface area contributed by atoms with Gasteiger partial charge in [0.1, 0.15) is 11.7 Å². The highest BCUT2D eigenvalue weighted by molar-refractivity contribution is 7.09. The molecule has 90 valence electrons. The summed E-state index contributed by atoms with van der Waals surface area (Å²) in [5, 5.41) is 12.2. The monoisotopic (exact) mass is 243 g/mol. The fourth-order valence-corrected chi connectivity index (χ4v) is 1.84. The van der Waals surface area contributed by atoms with Crippen molar-refractivity contribution < 1.29 is 5.21 Å². The fourth-order valence-electron chi connectivity index (χ4n) is 1.04. The van der Waals surface area contributed by atoms with Gasteiger partial charge in [-0.25, -0.2) is 4.98 Å². The molecule has 0 unspecified atom stereocenters. The summed E-state index contributed by atoms with van der Waals surface area (Å²) in [4.78, 5) is 6.35. The number of hydrogen-bond acceptors (Lipinski definition) is 6. The predicted molar refractivity (Wildman–Crippen MR) is 65.3 cm³/mol. The minimum Gasteiger partial charge on any atom is -0.409 e. The van der Waals surface area contributed by atoms with E-state index in [2.05, 4.69) is 28.4 Å². The second-order valence-corrected chi connectivity index (χ2v) is 4.58. The molecule has 0 amide bonds. The molecule has 0 aliphatic carbocycles. The molecular formula is C9H17N5OS. The molecule has 1 heterocycles. The molecule has 0 saturated heterocycles. The highest BCUT2D eigenvalue weighted by Gasteiger charge is 2.11. The largest absolute Gasteiger partial charge is 0.409 e. The molecule has 0 aliphatic heterocycles. The van der Waals surface area contributed by atoms with Gasteiger partial charge in [0.15, 0.2) is 0 Å². The first kappa shape index (κ1) is 12.7. The van der Waals surface area contributed by atoms with Crippen molar-refractivity contribution in [3.8, 4) is 0 Å². The number of amidine groups is 1. The van der Waals surface area contributed by atoms with E-state index in [1.54, 1.807) is 0 Å². The van der Waals surface area contributed by atoms with Crippen LogP contribution < -0.4 is 10.6 Å². The zero-order valence-corrected chi connectivity index (χ0v) is 10.5. The van der Waals surface area contributed by atoms with Crippen molar-refractivity contribution in [2.24, 2.45) is 10.9 Å². The van der Waals surface area contributed by atoms with Gasteiger partial charge in [0.2, 0.25) is 5.13 Å². The van der Waals surface area contributed by atoms with E-state index in [4.69, 9.17) is 10.9 Å². The Morgan fingerprint density at radius 2 is 2.31 bits per heavy atom. The van der Waals surface area contributed by atoms with Crippen LogP contribution in [0.25, 0.3) is 0 Å². The molecule has 0 fully saturated rings. The van der Waals surface area contributed by atoms with Crippen molar-refractivity contribution in [3.05, 3.63) is 5.82 Å². The van der Waals surface area contributed by atoms with Gasteiger partial charge in [-0.1, -0.05) is 19.0 Å². The van der Waals surface area contributed by atoms with Gasteiger partial charge in [0.05, 0.1) is 0 Å². The van der Waals surface area contributed by atoms with Crippen LogP contribution in [-0.4, -0.2) is 34.0 Å². The maximum Gasteiger partial charge on any atom is 0.204 e. The molecule has 0 bridgehead atoms. The fraction of sp³-hybridized carbons (Fsp3) is 0.667. The van der Waals surface area contributed by atoms with E-state index in [0.29, 0.717) is 18.9 Å². The van der Waals surface area contributed by atoms with Crippen molar-refractivity contribution in [2.75, 3.05) is 18.5 Å². The second-order valence-electron chi connectivity index (χ2n) is 3.85. The molecule has 0 atom stereocenters. The minimum absolute atomic E-state index is 0.223. The van der Waals surface area contributed by atoms with E-state index >= 15 is 0 Å². The second kappa shape index (κ2) is 5.64. The highest BCUT2D eigenvalue weighted by Crippen LogP contribution is 2.20. The standard InChI is InChI=1S/C9H17N5OS/c1-6(2)8-11-9(16-13-8)14(3)5-4-7(10)12-15/h6,15H,4-5H2,1-3H3,(H2,10,12). The first-order valence-corrected chi connectivity index (χ1v) is 5.83. The van der Waals surface area contributed by atoms with Gasteiger partial charge >= 0.3 is 0 Å². The zero-order chi connectivity index (χ0) is 12.1. The van der Waals surface area contributed by atoms with E-state index in [1.807, 2.05) is 11.9 Å². The summed E-state index contributed by atoms with van der Waals surface area (Å²) in [7, 11) is 1.91. The lowest BCUT2D eigenvalue weighted by Crippen LogP contribution is -2.24. The summed E-state index contributed by atoms with van der Waals surface area (Å²) in [6, 6.07) is 0. The van der Waals surface area contributed by atoms with Crippen LogP contribution in [0.1, 0.15) is 32.0 Å². The lowest BCUT2D eigenvalue weighted by atomic mass is 10.2. The molecular weight excluding hydrogens is 226 g/mol. The van der Waals surface area contributed by atoms with E-state index in [1.165, 1.54) is 11.5 Å². The van der Waals surface area contributed by atoms with Crippen LogP contribution in [0, 0.1) is 0 Å². The van der Waals surface area contributed by atoms with Crippen LogP contribution in [0.4, 0.5) is 5.13 Å². The Morgan fingerprint density at radius 3 is 2.81 bits per heavy atom. The molecule has 0 saturated carbocycles. The quantitative estimate of drug-likeness (QED) is 0.351. The maximum atomic E-state index is 8.41. The number of oxime groups is 1. The van der Waals surface area contributed by atoms with Gasteiger partial charge in [0, 0.05) is 37.5 Å². The third-order valence-electron chi connectivity index (χ3n) is 2.11. The van der Waals surface area contributed by atoms with Crippen LogP contribution in [0.5, 0.6) is 0 Å². The number of hydrogen-bond donors (Lipinski definition) is 2. The summed E-state index contributed by atoms with van der Waals surface area (Å²) in [6.45, 7) is 4.77. The number of rotatable bonds is 5. The molecule has 7 heteroatoms. The lowest BCUT2D eigenvalue weighted by Gasteiger charge is -2.13.